The van der Waals surface area contributed by atoms with E-state index in [1.807, 2.05) is 0 Å². The third kappa shape index (κ3) is 2.68. The molecule has 0 saturated heterocycles. The van der Waals surface area contributed by atoms with E-state index >= 15 is 0 Å². The summed E-state index contributed by atoms with van der Waals surface area (Å²) < 4.78 is 0.598. The summed E-state index contributed by atoms with van der Waals surface area (Å²) in [7, 11) is 0. The Labute approximate surface area is 101 Å². The van der Waals surface area contributed by atoms with Crippen LogP contribution in [0.2, 0.25) is 0 Å². The van der Waals surface area contributed by atoms with E-state index in [1.165, 1.54) is 12.1 Å². The van der Waals surface area contributed by atoms with E-state index < -0.39 is 12.1 Å². The van der Waals surface area contributed by atoms with Gasteiger partial charge in [0.2, 0.25) is 0 Å². The van der Waals surface area contributed by atoms with Gasteiger partial charge in [0.15, 0.2) is 11.9 Å². The minimum absolute atomic E-state index is 0.105. The van der Waals surface area contributed by atoms with Gasteiger partial charge in [0, 0.05) is 16.5 Å². The van der Waals surface area contributed by atoms with Gasteiger partial charge in [-0.05, 0) is 17.7 Å². The highest BCUT2D eigenvalue weighted by Crippen LogP contribution is 2.23. The second kappa shape index (κ2) is 5.23. The lowest BCUT2D eigenvalue weighted by Gasteiger charge is -2.08. The zero-order valence-electron chi connectivity index (χ0n) is 8.61. The van der Waals surface area contributed by atoms with Crippen LogP contribution in [0.3, 0.4) is 0 Å². The summed E-state index contributed by atoms with van der Waals surface area (Å²) in [4.78, 5) is 22.1. The lowest BCUT2D eigenvalue weighted by molar-refractivity contribution is -0.146. The van der Waals surface area contributed by atoms with Crippen LogP contribution in [-0.2, 0) is 4.79 Å². The van der Waals surface area contributed by atoms with Crippen molar-refractivity contribution < 1.29 is 19.8 Å². The van der Waals surface area contributed by atoms with Crippen molar-refractivity contribution in [1.29, 1.82) is 0 Å². The molecule has 0 bridgehead atoms. The van der Waals surface area contributed by atoms with E-state index in [1.54, 1.807) is 13.0 Å². The van der Waals surface area contributed by atoms with Gasteiger partial charge < -0.3 is 10.2 Å². The minimum atomic E-state index is -1.60. The maximum absolute atomic E-state index is 11.5. The molecule has 0 aromatic heterocycles. The fourth-order valence-corrected chi connectivity index (χ4v) is 1.73. The van der Waals surface area contributed by atoms with Crippen molar-refractivity contribution in [2.24, 2.45) is 0 Å². The molecule has 1 unspecified atom stereocenters. The highest BCUT2D eigenvalue weighted by atomic mass is 79.9. The van der Waals surface area contributed by atoms with Crippen LogP contribution in [0.5, 0.6) is 0 Å². The Morgan fingerprint density at radius 1 is 1.44 bits per heavy atom. The van der Waals surface area contributed by atoms with Crippen LogP contribution in [-0.4, -0.2) is 22.0 Å². The molecular weight excluding hydrogens is 276 g/mol. The Morgan fingerprint density at radius 3 is 2.56 bits per heavy atom. The highest BCUT2D eigenvalue weighted by Gasteiger charge is 2.18. The first kappa shape index (κ1) is 12.9. The molecule has 0 aliphatic carbocycles. The molecule has 0 spiro atoms. The van der Waals surface area contributed by atoms with Gasteiger partial charge in [-0.25, -0.2) is 4.79 Å². The number of hydrogen-bond donors (Lipinski definition) is 2. The predicted molar refractivity (Wildman–Crippen MR) is 61.4 cm³/mol. The van der Waals surface area contributed by atoms with Crippen molar-refractivity contribution in [3.63, 3.8) is 0 Å². The van der Waals surface area contributed by atoms with E-state index in [-0.39, 0.29) is 11.3 Å². The first-order valence-corrected chi connectivity index (χ1v) is 5.50. The number of carboxylic acid groups (broad SMARTS) is 1. The quantitative estimate of drug-likeness (QED) is 0.832. The molecule has 1 aromatic carbocycles. The Morgan fingerprint density at radius 2 is 2.06 bits per heavy atom. The number of Topliss-reactive ketones (excluding diaryl/α,β-unsaturated/α-hetero) is 1. The maximum Gasteiger partial charge on any atom is 0.337 e. The van der Waals surface area contributed by atoms with Gasteiger partial charge in [0.1, 0.15) is 0 Å². The molecule has 0 fully saturated rings. The van der Waals surface area contributed by atoms with E-state index in [9.17, 15) is 14.7 Å². The van der Waals surface area contributed by atoms with Crippen LogP contribution < -0.4 is 0 Å². The smallest absolute Gasteiger partial charge is 0.337 e. The largest absolute Gasteiger partial charge is 0.479 e. The van der Waals surface area contributed by atoms with E-state index in [0.29, 0.717) is 16.5 Å². The standard InChI is InChI=1S/C11H11BrO4/c1-2-9(13)7-5-6(3-4-8(7)12)10(14)11(15)16/h3-5,10,14H,2H2,1H3,(H,15,16). The Hall–Kier alpha value is -1.20. The van der Waals surface area contributed by atoms with Crippen LogP contribution in [0.25, 0.3) is 0 Å². The van der Waals surface area contributed by atoms with Gasteiger partial charge in [-0.15, -0.1) is 0 Å². The van der Waals surface area contributed by atoms with Gasteiger partial charge in [-0.3, -0.25) is 4.79 Å². The van der Waals surface area contributed by atoms with Gasteiger partial charge in [-0.2, -0.15) is 0 Å². The molecule has 0 aliphatic rings. The lowest BCUT2D eigenvalue weighted by atomic mass is 10.0. The van der Waals surface area contributed by atoms with Gasteiger partial charge in [0.25, 0.3) is 0 Å². The van der Waals surface area contributed by atoms with E-state index in [2.05, 4.69) is 15.9 Å². The Kier molecular flexibility index (Phi) is 4.20. The number of carboxylic acids is 1. The number of hydrogen-bond acceptors (Lipinski definition) is 3. The second-order valence-electron chi connectivity index (χ2n) is 3.26. The number of carbonyl (C=O) groups is 2. The fourth-order valence-electron chi connectivity index (χ4n) is 1.26. The normalized spacial score (nSPS) is 12.2. The summed E-state index contributed by atoms with van der Waals surface area (Å²) in [5, 5.41) is 18.0. The summed E-state index contributed by atoms with van der Waals surface area (Å²) in [6.07, 6.45) is -1.28. The molecule has 1 rings (SSSR count). The number of benzene rings is 1. The van der Waals surface area contributed by atoms with Crippen molar-refractivity contribution >= 4 is 27.7 Å². The molecule has 2 N–H and O–H groups in total. The summed E-state index contributed by atoms with van der Waals surface area (Å²) in [6.45, 7) is 1.72. The maximum atomic E-state index is 11.5. The molecule has 4 nitrogen and oxygen atoms in total. The average Bonchev–Trinajstić information content (AvgIpc) is 2.27. The SMILES string of the molecule is CCC(=O)c1cc(C(O)C(=O)O)ccc1Br. The molecule has 0 radical (unpaired) electrons. The summed E-state index contributed by atoms with van der Waals surface area (Å²) in [5.74, 6) is -1.44. The van der Waals surface area contributed by atoms with Crippen molar-refractivity contribution in [1.82, 2.24) is 0 Å². The number of aliphatic hydroxyl groups excluding tert-OH is 1. The first-order valence-electron chi connectivity index (χ1n) is 4.71. The third-order valence-corrected chi connectivity index (χ3v) is 2.85. The summed E-state index contributed by atoms with van der Waals surface area (Å²) in [5.41, 5.74) is 0.591. The lowest BCUT2D eigenvalue weighted by Crippen LogP contribution is -2.11. The van der Waals surface area contributed by atoms with Crippen molar-refractivity contribution in [2.75, 3.05) is 0 Å². The zero-order chi connectivity index (χ0) is 12.3. The molecule has 86 valence electrons. The Balaban J connectivity index is 3.17. The summed E-state index contributed by atoms with van der Waals surface area (Å²) >= 11 is 3.21. The van der Waals surface area contributed by atoms with E-state index in [4.69, 9.17) is 5.11 Å². The fraction of sp³-hybridized carbons (Fsp3) is 0.273. The molecule has 0 saturated carbocycles. The molecule has 0 amide bonds. The minimum Gasteiger partial charge on any atom is -0.479 e. The monoisotopic (exact) mass is 286 g/mol. The number of carbonyl (C=O) groups excluding carboxylic acids is 1. The predicted octanol–water partition coefficient (Wildman–Crippen LogP) is 2.16. The van der Waals surface area contributed by atoms with Crippen LogP contribution in [0.4, 0.5) is 0 Å². The number of ketones is 1. The van der Waals surface area contributed by atoms with Crippen molar-refractivity contribution in [3.8, 4) is 0 Å². The van der Waals surface area contributed by atoms with Crippen LogP contribution >= 0.6 is 15.9 Å². The Bertz CT molecular complexity index is 428. The number of halogens is 1. The van der Waals surface area contributed by atoms with Crippen molar-refractivity contribution in [3.05, 3.63) is 33.8 Å². The van der Waals surface area contributed by atoms with Crippen LogP contribution in [0.1, 0.15) is 35.4 Å². The van der Waals surface area contributed by atoms with Gasteiger partial charge in [0.05, 0.1) is 0 Å². The number of rotatable bonds is 4. The molecule has 1 aromatic rings. The van der Waals surface area contributed by atoms with Crippen LogP contribution in [0.15, 0.2) is 22.7 Å². The van der Waals surface area contributed by atoms with Gasteiger partial charge in [-0.1, -0.05) is 28.9 Å². The third-order valence-electron chi connectivity index (χ3n) is 2.16. The molecular formula is C11H11BrO4. The second-order valence-corrected chi connectivity index (χ2v) is 4.11. The molecule has 1 atom stereocenters. The van der Waals surface area contributed by atoms with Crippen molar-refractivity contribution in [2.45, 2.75) is 19.4 Å². The van der Waals surface area contributed by atoms with Gasteiger partial charge >= 0.3 is 5.97 Å². The topological polar surface area (TPSA) is 74.6 Å². The number of aliphatic hydroxyl groups is 1. The highest BCUT2D eigenvalue weighted by molar-refractivity contribution is 9.10. The average molecular weight is 287 g/mol. The molecule has 5 heteroatoms. The van der Waals surface area contributed by atoms with E-state index in [0.717, 1.165) is 0 Å². The molecule has 16 heavy (non-hydrogen) atoms. The summed E-state index contributed by atoms with van der Waals surface area (Å²) in [6, 6.07) is 4.42. The number of aliphatic carboxylic acids is 1. The molecule has 0 heterocycles. The first-order chi connectivity index (χ1) is 7.47. The zero-order valence-corrected chi connectivity index (χ0v) is 10.2. The van der Waals surface area contributed by atoms with Crippen LogP contribution in [0, 0.1) is 0 Å². The molecule has 0 aliphatic heterocycles.